The first-order valence-corrected chi connectivity index (χ1v) is 8.25. The molecule has 1 heterocycles. The minimum atomic E-state index is -0.148. The molecule has 0 aromatic rings. The summed E-state index contributed by atoms with van der Waals surface area (Å²) in [5, 5.41) is 3.50. The van der Waals surface area contributed by atoms with E-state index in [1.807, 2.05) is 0 Å². The molecular formula is C16H30N2O2. The second kappa shape index (κ2) is 7.41. The second-order valence-electron chi connectivity index (χ2n) is 6.40. The van der Waals surface area contributed by atoms with Crippen molar-refractivity contribution in [3.63, 3.8) is 0 Å². The summed E-state index contributed by atoms with van der Waals surface area (Å²) in [7, 11) is 1.75. The minimum absolute atomic E-state index is 0.148. The first-order chi connectivity index (χ1) is 9.69. The summed E-state index contributed by atoms with van der Waals surface area (Å²) in [4.78, 5) is 14.7. The Kier molecular flexibility index (Phi) is 5.85. The lowest BCUT2D eigenvalue weighted by molar-refractivity contribution is -0.144. The first kappa shape index (κ1) is 15.8. The Morgan fingerprint density at radius 2 is 2.20 bits per heavy atom. The second-order valence-corrected chi connectivity index (χ2v) is 6.40. The molecule has 116 valence electrons. The van der Waals surface area contributed by atoms with Crippen LogP contribution in [0, 0.1) is 0 Å². The predicted molar refractivity (Wildman–Crippen MR) is 80.7 cm³/mol. The molecule has 1 N–H and O–H groups in total. The van der Waals surface area contributed by atoms with Gasteiger partial charge in [-0.05, 0) is 45.1 Å². The van der Waals surface area contributed by atoms with Crippen molar-refractivity contribution in [2.75, 3.05) is 26.7 Å². The van der Waals surface area contributed by atoms with Gasteiger partial charge < -0.3 is 15.0 Å². The summed E-state index contributed by atoms with van der Waals surface area (Å²) in [5.74, 6) is 0.286. The van der Waals surface area contributed by atoms with Gasteiger partial charge in [-0.15, -0.1) is 0 Å². The van der Waals surface area contributed by atoms with Crippen molar-refractivity contribution in [2.24, 2.45) is 0 Å². The summed E-state index contributed by atoms with van der Waals surface area (Å²) >= 11 is 0. The lowest BCUT2D eigenvalue weighted by Crippen LogP contribution is -2.48. The van der Waals surface area contributed by atoms with Gasteiger partial charge in [0.25, 0.3) is 0 Å². The van der Waals surface area contributed by atoms with E-state index in [9.17, 15) is 4.79 Å². The fourth-order valence-electron chi connectivity index (χ4n) is 3.26. The van der Waals surface area contributed by atoms with E-state index >= 15 is 0 Å². The molecule has 0 aromatic carbocycles. The third-order valence-corrected chi connectivity index (χ3v) is 4.91. The van der Waals surface area contributed by atoms with E-state index in [0.717, 1.165) is 45.3 Å². The fraction of sp³-hybridized carbons (Fsp3) is 0.938. The van der Waals surface area contributed by atoms with Gasteiger partial charge in [0, 0.05) is 26.2 Å². The number of carbonyl (C=O) groups is 1. The van der Waals surface area contributed by atoms with Gasteiger partial charge in [-0.2, -0.15) is 0 Å². The average molecular weight is 282 g/mol. The van der Waals surface area contributed by atoms with Crippen molar-refractivity contribution in [3.8, 4) is 0 Å². The molecule has 0 bridgehead atoms. The van der Waals surface area contributed by atoms with Crippen LogP contribution in [0.4, 0.5) is 0 Å². The van der Waals surface area contributed by atoms with Crippen molar-refractivity contribution in [2.45, 2.75) is 69.9 Å². The van der Waals surface area contributed by atoms with E-state index in [-0.39, 0.29) is 11.5 Å². The number of nitrogens with one attached hydrogen (secondary N) is 1. The normalized spacial score (nSPS) is 24.4. The lowest BCUT2D eigenvalue weighted by atomic mass is 9.77. The van der Waals surface area contributed by atoms with Gasteiger partial charge in [0.15, 0.2) is 0 Å². The molecule has 4 nitrogen and oxygen atoms in total. The standard InChI is InChI=1S/C16H30N2O2/c1-3-4-11-18(13-14-7-5-10-17-14)15(19)12-16(20-2)8-6-9-16/h14,17H,3-13H2,1-2H3. The van der Waals surface area contributed by atoms with Crippen LogP contribution in [0.3, 0.4) is 0 Å². The summed E-state index contributed by atoms with van der Waals surface area (Å²) in [6, 6.07) is 0.496. The average Bonchev–Trinajstić information content (AvgIpc) is 2.91. The molecule has 0 aromatic heterocycles. The lowest BCUT2D eigenvalue weighted by Gasteiger charge is -2.41. The molecule has 1 saturated carbocycles. The molecule has 0 spiro atoms. The number of carbonyl (C=O) groups excluding carboxylic acids is 1. The Morgan fingerprint density at radius 3 is 2.70 bits per heavy atom. The van der Waals surface area contributed by atoms with Crippen LogP contribution in [0.5, 0.6) is 0 Å². The topological polar surface area (TPSA) is 41.6 Å². The highest BCUT2D eigenvalue weighted by atomic mass is 16.5. The predicted octanol–water partition coefficient (Wildman–Crippen LogP) is 2.33. The molecule has 2 fully saturated rings. The van der Waals surface area contributed by atoms with Crippen LogP contribution in [0.15, 0.2) is 0 Å². The molecule has 1 saturated heterocycles. The van der Waals surface area contributed by atoms with Crippen molar-refractivity contribution in [1.29, 1.82) is 0 Å². The minimum Gasteiger partial charge on any atom is -0.378 e. The third-order valence-electron chi connectivity index (χ3n) is 4.91. The van der Waals surface area contributed by atoms with Gasteiger partial charge in [0.05, 0.1) is 12.0 Å². The zero-order valence-corrected chi connectivity index (χ0v) is 13.1. The van der Waals surface area contributed by atoms with E-state index < -0.39 is 0 Å². The van der Waals surface area contributed by atoms with Gasteiger partial charge in [-0.1, -0.05) is 13.3 Å². The number of hydrogen-bond acceptors (Lipinski definition) is 3. The first-order valence-electron chi connectivity index (χ1n) is 8.25. The molecule has 1 aliphatic heterocycles. The van der Waals surface area contributed by atoms with E-state index in [4.69, 9.17) is 4.74 Å². The molecule has 4 heteroatoms. The number of methoxy groups -OCH3 is 1. The number of nitrogens with zero attached hydrogens (tertiary/aromatic N) is 1. The third kappa shape index (κ3) is 3.95. The van der Waals surface area contributed by atoms with Crippen LogP contribution >= 0.6 is 0 Å². The number of unbranched alkanes of at least 4 members (excludes halogenated alkanes) is 1. The SMILES string of the molecule is CCCCN(CC1CCCN1)C(=O)CC1(OC)CCC1. The van der Waals surface area contributed by atoms with Crippen molar-refractivity contribution < 1.29 is 9.53 Å². The Labute approximate surface area is 123 Å². The summed E-state index contributed by atoms with van der Waals surface area (Å²) in [5.41, 5.74) is -0.148. The van der Waals surface area contributed by atoms with Crippen LogP contribution in [-0.2, 0) is 9.53 Å². The van der Waals surface area contributed by atoms with Crippen LogP contribution in [0.2, 0.25) is 0 Å². The molecule has 1 atom stereocenters. The Balaban J connectivity index is 1.88. The molecule has 1 aliphatic carbocycles. The highest BCUT2D eigenvalue weighted by molar-refractivity contribution is 5.77. The number of ether oxygens (including phenoxy) is 1. The van der Waals surface area contributed by atoms with E-state index in [1.165, 1.54) is 19.3 Å². The monoisotopic (exact) mass is 282 g/mol. The Hall–Kier alpha value is -0.610. The van der Waals surface area contributed by atoms with E-state index in [0.29, 0.717) is 12.5 Å². The fourth-order valence-corrected chi connectivity index (χ4v) is 3.26. The highest BCUT2D eigenvalue weighted by Gasteiger charge is 2.40. The molecule has 2 aliphatic rings. The Morgan fingerprint density at radius 1 is 1.40 bits per heavy atom. The van der Waals surface area contributed by atoms with E-state index in [2.05, 4.69) is 17.1 Å². The van der Waals surface area contributed by atoms with Gasteiger partial charge in [-0.25, -0.2) is 0 Å². The summed E-state index contributed by atoms with van der Waals surface area (Å²) in [6.07, 6.45) is 8.51. The van der Waals surface area contributed by atoms with Crippen LogP contribution in [-0.4, -0.2) is 49.2 Å². The zero-order chi connectivity index (χ0) is 14.4. The number of rotatable bonds is 8. The number of amides is 1. The molecule has 0 radical (unpaired) electrons. The molecular weight excluding hydrogens is 252 g/mol. The zero-order valence-electron chi connectivity index (χ0n) is 13.1. The van der Waals surface area contributed by atoms with Gasteiger partial charge in [0.1, 0.15) is 0 Å². The molecule has 2 rings (SSSR count). The van der Waals surface area contributed by atoms with E-state index in [1.54, 1.807) is 7.11 Å². The largest absolute Gasteiger partial charge is 0.378 e. The van der Waals surface area contributed by atoms with Gasteiger partial charge in [-0.3, -0.25) is 4.79 Å². The maximum absolute atomic E-state index is 12.6. The highest BCUT2D eigenvalue weighted by Crippen LogP contribution is 2.38. The maximum Gasteiger partial charge on any atom is 0.225 e. The number of hydrogen-bond donors (Lipinski definition) is 1. The van der Waals surface area contributed by atoms with Crippen molar-refractivity contribution in [1.82, 2.24) is 10.2 Å². The molecule has 1 amide bonds. The van der Waals surface area contributed by atoms with Gasteiger partial charge >= 0.3 is 0 Å². The van der Waals surface area contributed by atoms with Crippen LogP contribution < -0.4 is 5.32 Å². The van der Waals surface area contributed by atoms with Crippen LogP contribution in [0.1, 0.15) is 58.3 Å². The Bertz CT molecular complexity index is 304. The van der Waals surface area contributed by atoms with Crippen molar-refractivity contribution >= 4 is 5.91 Å². The summed E-state index contributed by atoms with van der Waals surface area (Å²) in [6.45, 7) is 5.05. The molecule has 20 heavy (non-hydrogen) atoms. The van der Waals surface area contributed by atoms with Crippen LogP contribution in [0.25, 0.3) is 0 Å². The summed E-state index contributed by atoms with van der Waals surface area (Å²) < 4.78 is 5.61. The smallest absolute Gasteiger partial charge is 0.225 e. The molecule has 1 unspecified atom stereocenters. The quantitative estimate of drug-likeness (QED) is 0.743. The van der Waals surface area contributed by atoms with Gasteiger partial charge in [0.2, 0.25) is 5.91 Å². The maximum atomic E-state index is 12.6. The van der Waals surface area contributed by atoms with Crippen molar-refractivity contribution in [3.05, 3.63) is 0 Å².